The second kappa shape index (κ2) is 8.99. The summed E-state index contributed by atoms with van der Waals surface area (Å²) in [5.41, 5.74) is 2.46. The van der Waals surface area contributed by atoms with Crippen LogP contribution >= 0.6 is 0 Å². The third-order valence-corrected chi connectivity index (χ3v) is 6.40. The first-order valence-electron chi connectivity index (χ1n) is 10.3. The highest BCUT2D eigenvalue weighted by atomic mass is 32.2. The van der Waals surface area contributed by atoms with Crippen LogP contribution in [0.2, 0.25) is 0 Å². The maximum absolute atomic E-state index is 13.1. The number of ether oxygens (including phenoxy) is 1. The monoisotopic (exact) mass is 463 g/mol. The van der Waals surface area contributed by atoms with Crippen molar-refractivity contribution in [1.29, 1.82) is 0 Å². The molecule has 3 aromatic rings. The van der Waals surface area contributed by atoms with E-state index in [1.807, 2.05) is 6.92 Å². The summed E-state index contributed by atoms with van der Waals surface area (Å²) in [6.45, 7) is 3.65. The molecule has 0 saturated heterocycles. The molecule has 0 spiro atoms. The van der Waals surface area contributed by atoms with Gasteiger partial charge in [-0.1, -0.05) is 29.8 Å². The number of carbonyl (C=O) groups is 2. The standard InChI is InChI=1S/C25H21NO6S/c1-3-31-25(28)22-23(26-21-7-5-4-6-20(21)24(22)27)17-10-12-18(13-11-17)32-33(29,30)19-14-8-16(2)9-15-19/h4-15,22H,3H2,1-2H3. The molecule has 0 amide bonds. The first kappa shape index (κ1) is 22.4. The third-order valence-electron chi connectivity index (χ3n) is 5.13. The molecule has 3 aromatic carbocycles. The van der Waals surface area contributed by atoms with Crippen LogP contribution < -0.4 is 4.18 Å². The summed E-state index contributed by atoms with van der Waals surface area (Å²) in [6.07, 6.45) is 0. The summed E-state index contributed by atoms with van der Waals surface area (Å²) in [5.74, 6) is -2.19. The van der Waals surface area contributed by atoms with Crippen molar-refractivity contribution in [3.63, 3.8) is 0 Å². The summed E-state index contributed by atoms with van der Waals surface area (Å²) in [7, 11) is -4.01. The SMILES string of the molecule is CCOC(=O)C1C(=O)c2ccccc2N=C1c1ccc(OS(=O)(=O)c2ccc(C)cc2)cc1. The Morgan fingerprint density at radius 2 is 1.64 bits per heavy atom. The summed E-state index contributed by atoms with van der Waals surface area (Å²) in [5, 5.41) is 0. The Morgan fingerprint density at radius 3 is 2.30 bits per heavy atom. The largest absolute Gasteiger partial charge is 0.465 e. The van der Waals surface area contributed by atoms with Crippen LogP contribution in [-0.4, -0.2) is 32.5 Å². The lowest BCUT2D eigenvalue weighted by Gasteiger charge is -2.22. The third kappa shape index (κ3) is 4.56. The Morgan fingerprint density at radius 1 is 0.970 bits per heavy atom. The number of hydrogen-bond donors (Lipinski definition) is 0. The van der Waals surface area contributed by atoms with Crippen molar-refractivity contribution < 1.29 is 26.9 Å². The lowest BCUT2D eigenvalue weighted by molar-refractivity contribution is -0.144. The molecule has 1 unspecified atom stereocenters. The topological polar surface area (TPSA) is 99.1 Å². The molecule has 33 heavy (non-hydrogen) atoms. The number of para-hydroxylation sites is 1. The lowest BCUT2D eigenvalue weighted by atomic mass is 9.86. The number of aryl methyl sites for hydroxylation is 1. The number of carbonyl (C=O) groups excluding carboxylic acids is 2. The maximum atomic E-state index is 13.1. The fourth-order valence-corrected chi connectivity index (χ4v) is 4.42. The zero-order valence-electron chi connectivity index (χ0n) is 18.0. The number of hydrogen-bond acceptors (Lipinski definition) is 7. The van der Waals surface area contributed by atoms with E-state index in [2.05, 4.69) is 4.99 Å². The van der Waals surface area contributed by atoms with Crippen LogP contribution in [0.4, 0.5) is 5.69 Å². The molecular weight excluding hydrogens is 442 g/mol. The number of nitrogens with zero attached hydrogens (tertiary/aromatic N) is 1. The van der Waals surface area contributed by atoms with Gasteiger partial charge in [0.2, 0.25) is 0 Å². The van der Waals surface area contributed by atoms with E-state index in [0.717, 1.165) is 5.56 Å². The average molecular weight is 464 g/mol. The Bertz CT molecular complexity index is 1340. The lowest BCUT2D eigenvalue weighted by Crippen LogP contribution is -2.36. The average Bonchev–Trinajstić information content (AvgIpc) is 2.79. The summed E-state index contributed by atoms with van der Waals surface area (Å²) in [4.78, 5) is 30.3. The first-order chi connectivity index (χ1) is 15.8. The highest BCUT2D eigenvalue weighted by Gasteiger charge is 2.38. The highest BCUT2D eigenvalue weighted by Crippen LogP contribution is 2.32. The van der Waals surface area contributed by atoms with Crippen molar-refractivity contribution in [3.8, 4) is 5.75 Å². The zero-order chi connectivity index (χ0) is 23.6. The molecule has 0 N–H and O–H groups in total. The number of fused-ring (bicyclic) bond motifs is 1. The van der Waals surface area contributed by atoms with Crippen molar-refractivity contribution in [2.24, 2.45) is 10.9 Å². The van der Waals surface area contributed by atoms with Crippen molar-refractivity contribution >= 4 is 33.3 Å². The van der Waals surface area contributed by atoms with E-state index in [-0.39, 0.29) is 23.0 Å². The molecule has 1 atom stereocenters. The second-order valence-corrected chi connectivity index (χ2v) is 8.98. The molecule has 1 heterocycles. The molecule has 4 rings (SSSR count). The molecule has 0 aliphatic carbocycles. The summed E-state index contributed by atoms with van der Waals surface area (Å²) < 4.78 is 35.4. The predicted molar refractivity (Wildman–Crippen MR) is 123 cm³/mol. The zero-order valence-corrected chi connectivity index (χ0v) is 18.8. The Hall–Kier alpha value is -3.78. The van der Waals surface area contributed by atoms with Gasteiger partial charge in [0.25, 0.3) is 0 Å². The molecule has 7 nitrogen and oxygen atoms in total. The summed E-state index contributed by atoms with van der Waals surface area (Å²) in [6, 6.07) is 19.1. The molecule has 1 aliphatic heterocycles. The second-order valence-electron chi connectivity index (χ2n) is 7.44. The van der Waals surface area contributed by atoms with Crippen LogP contribution in [-0.2, 0) is 19.6 Å². The molecule has 0 aromatic heterocycles. The predicted octanol–water partition coefficient (Wildman–Crippen LogP) is 4.26. The molecule has 0 radical (unpaired) electrons. The molecular formula is C25H21NO6S. The fraction of sp³-hybridized carbons (Fsp3) is 0.160. The quantitative estimate of drug-likeness (QED) is 0.308. The van der Waals surface area contributed by atoms with Gasteiger partial charge < -0.3 is 8.92 Å². The van der Waals surface area contributed by atoms with Crippen LogP contribution in [0.15, 0.2) is 82.7 Å². The number of rotatable bonds is 6. The van der Waals surface area contributed by atoms with E-state index in [4.69, 9.17) is 8.92 Å². The molecule has 168 valence electrons. The van der Waals surface area contributed by atoms with Gasteiger partial charge in [-0.05, 0) is 67.9 Å². The van der Waals surface area contributed by atoms with E-state index in [1.54, 1.807) is 55.5 Å². The van der Waals surface area contributed by atoms with Crippen molar-refractivity contribution in [2.45, 2.75) is 18.7 Å². The van der Waals surface area contributed by atoms with Crippen molar-refractivity contribution in [2.75, 3.05) is 6.61 Å². The number of Topliss-reactive ketones (excluding diaryl/α,β-unsaturated/α-hetero) is 1. The number of ketones is 1. The van der Waals surface area contributed by atoms with Crippen LogP contribution in [0.25, 0.3) is 0 Å². The van der Waals surface area contributed by atoms with E-state index in [9.17, 15) is 18.0 Å². The number of esters is 1. The van der Waals surface area contributed by atoms with Gasteiger partial charge in [0.05, 0.1) is 18.0 Å². The van der Waals surface area contributed by atoms with Gasteiger partial charge in [-0.2, -0.15) is 8.42 Å². The van der Waals surface area contributed by atoms with Gasteiger partial charge in [0.15, 0.2) is 11.7 Å². The molecule has 8 heteroatoms. The van der Waals surface area contributed by atoms with Crippen molar-refractivity contribution in [1.82, 2.24) is 0 Å². The molecule has 0 fully saturated rings. The van der Waals surface area contributed by atoms with Crippen LogP contribution in [0, 0.1) is 12.8 Å². The molecule has 0 saturated carbocycles. The Labute approximate surface area is 191 Å². The smallest absolute Gasteiger partial charge is 0.339 e. The minimum Gasteiger partial charge on any atom is -0.465 e. The Kier molecular flexibility index (Phi) is 6.11. The van der Waals surface area contributed by atoms with E-state index < -0.39 is 27.8 Å². The highest BCUT2D eigenvalue weighted by molar-refractivity contribution is 7.87. The van der Waals surface area contributed by atoms with E-state index in [0.29, 0.717) is 16.8 Å². The number of aliphatic imine (C=N–C) groups is 1. The fourth-order valence-electron chi connectivity index (χ4n) is 3.49. The molecule has 1 aliphatic rings. The molecule has 0 bridgehead atoms. The van der Waals surface area contributed by atoms with Crippen LogP contribution in [0.5, 0.6) is 5.75 Å². The van der Waals surface area contributed by atoms with E-state index in [1.165, 1.54) is 24.3 Å². The van der Waals surface area contributed by atoms with E-state index >= 15 is 0 Å². The van der Waals surface area contributed by atoms with Gasteiger partial charge in [-0.3, -0.25) is 14.6 Å². The van der Waals surface area contributed by atoms with Crippen LogP contribution in [0.3, 0.4) is 0 Å². The Balaban J connectivity index is 1.66. The van der Waals surface area contributed by atoms with Gasteiger partial charge in [0.1, 0.15) is 10.6 Å². The normalized spacial score (nSPS) is 15.4. The first-order valence-corrected chi connectivity index (χ1v) is 11.7. The van der Waals surface area contributed by atoms with Gasteiger partial charge in [-0.25, -0.2) is 0 Å². The maximum Gasteiger partial charge on any atom is 0.339 e. The van der Waals surface area contributed by atoms with Gasteiger partial charge >= 0.3 is 16.1 Å². The summed E-state index contributed by atoms with van der Waals surface area (Å²) >= 11 is 0. The van der Waals surface area contributed by atoms with Crippen LogP contribution in [0.1, 0.15) is 28.4 Å². The van der Waals surface area contributed by atoms with Gasteiger partial charge in [-0.15, -0.1) is 0 Å². The number of benzene rings is 3. The van der Waals surface area contributed by atoms with Gasteiger partial charge in [0, 0.05) is 5.56 Å². The van der Waals surface area contributed by atoms with Crippen molar-refractivity contribution in [3.05, 3.63) is 89.5 Å². The minimum atomic E-state index is -4.01. The minimum absolute atomic E-state index is 0.0402.